The van der Waals surface area contributed by atoms with E-state index in [9.17, 15) is 4.79 Å². The summed E-state index contributed by atoms with van der Waals surface area (Å²) in [5.41, 5.74) is 1.96. The Balaban J connectivity index is 1.59. The van der Waals surface area contributed by atoms with Crippen molar-refractivity contribution in [3.63, 3.8) is 0 Å². The van der Waals surface area contributed by atoms with E-state index >= 15 is 0 Å². The molecule has 1 fully saturated rings. The minimum absolute atomic E-state index is 0.0106. The molecule has 0 spiro atoms. The summed E-state index contributed by atoms with van der Waals surface area (Å²) in [5.74, 6) is -0.0106. The number of carbonyl (C=O) groups excluding carboxylic acids is 1. The lowest BCUT2D eigenvalue weighted by Gasteiger charge is -2.38. The van der Waals surface area contributed by atoms with Crippen molar-refractivity contribution in [2.45, 2.75) is 18.3 Å². The number of nitrogens with one attached hydrogen (secondary N) is 1. The first kappa shape index (κ1) is 16.8. The van der Waals surface area contributed by atoms with Gasteiger partial charge in [-0.1, -0.05) is 66.7 Å². The molecule has 3 aromatic rings. The van der Waals surface area contributed by atoms with E-state index in [-0.39, 0.29) is 11.3 Å². The molecule has 1 saturated heterocycles. The van der Waals surface area contributed by atoms with Crippen molar-refractivity contribution in [2.24, 2.45) is 0 Å². The largest absolute Gasteiger partial charge is 0.381 e. The zero-order valence-corrected chi connectivity index (χ0v) is 14.8. The van der Waals surface area contributed by atoms with Crippen molar-refractivity contribution < 1.29 is 9.53 Å². The number of hydrogen-bond donors (Lipinski definition) is 1. The molecule has 0 bridgehead atoms. The first-order valence-corrected chi connectivity index (χ1v) is 9.18. The molecule has 0 aromatic heterocycles. The molecule has 0 aliphatic carbocycles. The fraction of sp³-hybridized carbons (Fsp3) is 0.261. The summed E-state index contributed by atoms with van der Waals surface area (Å²) in [6, 6.07) is 24.4. The van der Waals surface area contributed by atoms with Crippen molar-refractivity contribution >= 4 is 16.7 Å². The number of carbonyl (C=O) groups is 1. The Morgan fingerprint density at radius 2 is 1.58 bits per heavy atom. The van der Waals surface area contributed by atoms with Gasteiger partial charge in [-0.2, -0.15) is 0 Å². The van der Waals surface area contributed by atoms with Gasteiger partial charge in [0.05, 0.1) is 0 Å². The van der Waals surface area contributed by atoms with Crippen LogP contribution in [0.2, 0.25) is 0 Å². The summed E-state index contributed by atoms with van der Waals surface area (Å²) in [6.45, 7) is 2.10. The fourth-order valence-electron chi connectivity index (χ4n) is 3.89. The molecule has 1 aliphatic heterocycles. The summed E-state index contributed by atoms with van der Waals surface area (Å²) in [7, 11) is 0. The molecule has 0 atom stereocenters. The zero-order valence-electron chi connectivity index (χ0n) is 14.8. The van der Waals surface area contributed by atoms with E-state index in [0.29, 0.717) is 6.54 Å². The van der Waals surface area contributed by atoms with Gasteiger partial charge >= 0.3 is 0 Å². The number of rotatable bonds is 4. The SMILES string of the molecule is O=C(NCC1(c2ccccc2)CCOCC1)c1cccc2ccccc12. The molecule has 0 radical (unpaired) electrons. The molecule has 26 heavy (non-hydrogen) atoms. The second kappa shape index (κ2) is 7.30. The average Bonchev–Trinajstić information content (AvgIpc) is 2.73. The quantitative estimate of drug-likeness (QED) is 0.765. The molecule has 1 heterocycles. The van der Waals surface area contributed by atoms with Crippen LogP contribution in [0.4, 0.5) is 0 Å². The second-order valence-electron chi connectivity index (χ2n) is 6.97. The topological polar surface area (TPSA) is 38.3 Å². The highest BCUT2D eigenvalue weighted by atomic mass is 16.5. The van der Waals surface area contributed by atoms with Crippen LogP contribution in [0.1, 0.15) is 28.8 Å². The van der Waals surface area contributed by atoms with Crippen LogP contribution in [0.5, 0.6) is 0 Å². The normalized spacial score (nSPS) is 16.3. The van der Waals surface area contributed by atoms with E-state index in [4.69, 9.17) is 4.74 Å². The van der Waals surface area contributed by atoms with Gasteiger partial charge in [-0.3, -0.25) is 4.79 Å². The summed E-state index contributed by atoms with van der Waals surface area (Å²) in [5, 5.41) is 5.29. The molecular weight excluding hydrogens is 322 g/mol. The van der Waals surface area contributed by atoms with Crippen LogP contribution in [-0.2, 0) is 10.2 Å². The Kier molecular flexibility index (Phi) is 4.72. The van der Waals surface area contributed by atoms with Crippen LogP contribution in [0.3, 0.4) is 0 Å². The van der Waals surface area contributed by atoms with Gasteiger partial charge < -0.3 is 10.1 Å². The van der Waals surface area contributed by atoms with Crippen LogP contribution in [0.25, 0.3) is 10.8 Å². The molecule has 3 heteroatoms. The zero-order chi connectivity index (χ0) is 17.8. The van der Waals surface area contributed by atoms with Gasteiger partial charge in [0.1, 0.15) is 0 Å². The maximum absolute atomic E-state index is 12.9. The molecule has 1 aliphatic rings. The van der Waals surface area contributed by atoms with Gasteiger partial charge in [-0.25, -0.2) is 0 Å². The van der Waals surface area contributed by atoms with E-state index in [1.807, 2.05) is 48.5 Å². The maximum atomic E-state index is 12.9. The predicted molar refractivity (Wildman–Crippen MR) is 104 cm³/mol. The van der Waals surface area contributed by atoms with Crippen LogP contribution in [-0.4, -0.2) is 25.7 Å². The van der Waals surface area contributed by atoms with Gasteiger partial charge in [0.15, 0.2) is 0 Å². The van der Waals surface area contributed by atoms with Gasteiger partial charge in [-0.15, -0.1) is 0 Å². The van der Waals surface area contributed by atoms with Crippen molar-refractivity contribution in [3.05, 3.63) is 83.9 Å². The molecule has 3 aromatic carbocycles. The first-order valence-electron chi connectivity index (χ1n) is 9.18. The molecule has 4 rings (SSSR count). The molecule has 0 saturated carbocycles. The minimum Gasteiger partial charge on any atom is -0.381 e. The van der Waals surface area contributed by atoms with Gasteiger partial charge in [0, 0.05) is 30.7 Å². The Morgan fingerprint density at radius 3 is 2.38 bits per heavy atom. The van der Waals surface area contributed by atoms with Gasteiger partial charge in [0.25, 0.3) is 5.91 Å². The van der Waals surface area contributed by atoms with Gasteiger partial charge in [0.2, 0.25) is 0 Å². The lowest BCUT2D eigenvalue weighted by Crippen LogP contribution is -2.44. The highest BCUT2D eigenvalue weighted by Gasteiger charge is 2.34. The predicted octanol–water partition coefficient (Wildman–Crippen LogP) is 4.32. The summed E-state index contributed by atoms with van der Waals surface area (Å²) < 4.78 is 5.58. The second-order valence-corrected chi connectivity index (χ2v) is 6.97. The standard InChI is InChI=1S/C23H23NO2/c25-22(21-12-6-8-18-7-4-5-11-20(18)21)24-17-23(13-15-26-16-14-23)19-9-2-1-3-10-19/h1-12H,13-17H2,(H,24,25). The lowest BCUT2D eigenvalue weighted by atomic mass is 9.74. The average molecular weight is 345 g/mol. The van der Waals surface area contributed by atoms with E-state index in [1.54, 1.807) is 0 Å². The van der Waals surface area contributed by atoms with Crippen molar-refractivity contribution in [1.29, 1.82) is 0 Å². The molecule has 3 nitrogen and oxygen atoms in total. The van der Waals surface area contributed by atoms with E-state index in [0.717, 1.165) is 42.4 Å². The summed E-state index contributed by atoms with van der Waals surface area (Å²) in [4.78, 5) is 12.9. The van der Waals surface area contributed by atoms with Crippen molar-refractivity contribution in [3.8, 4) is 0 Å². The fourth-order valence-corrected chi connectivity index (χ4v) is 3.89. The number of benzene rings is 3. The number of hydrogen-bond acceptors (Lipinski definition) is 2. The summed E-state index contributed by atoms with van der Waals surface area (Å²) in [6.07, 6.45) is 1.85. The summed E-state index contributed by atoms with van der Waals surface area (Å²) >= 11 is 0. The third-order valence-electron chi connectivity index (χ3n) is 5.46. The van der Waals surface area contributed by atoms with Crippen LogP contribution in [0, 0.1) is 0 Å². The highest BCUT2D eigenvalue weighted by molar-refractivity contribution is 6.07. The first-order chi connectivity index (χ1) is 12.8. The van der Waals surface area contributed by atoms with E-state index < -0.39 is 0 Å². The molecule has 1 amide bonds. The number of fused-ring (bicyclic) bond motifs is 1. The highest BCUT2D eigenvalue weighted by Crippen LogP contribution is 2.34. The van der Waals surface area contributed by atoms with Crippen molar-refractivity contribution in [2.75, 3.05) is 19.8 Å². The number of amides is 1. The Labute approximate surface area is 154 Å². The smallest absolute Gasteiger partial charge is 0.251 e. The molecular formula is C23H23NO2. The van der Waals surface area contributed by atoms with Crippen molar-refractivity contribution in [1.82, 2.24) is 5.32 Å². The monoisotopic (exact) mass is 345 g/mol. The molecule has 132 valence electrons. The van der Waals surface area contributed by atoms with E-state index in [1.165, 1.54) is 5.56 Å². The van der Waals surface area contributed by atoms with E-state index in [2.05, 4.69) is 29.6 Å². The maximum Gasteiger partial charge on any atom is 0.251 e. The van der Waals surface area contributed by atoms with Crippen LogP contribution in [0.15, 0.2) is 72.8 Å². The lowest BCUT2D eigenvalue weighted by molar-refractivity contribution is 0.0487. The Hall–Kier alpha value is -2.65. The third-order valence-corrected chi connectivity index (χ3v) is 5.46. The molecule has 1 N–H and O–H groups in total. The number of ether oxygens (including phenoxy) is 1. The van der Waals surface area contributed by atoms with Crippen LogP contribution < -0.4 is 5.32 Å². The van der Waals surface area contributed by atoms with Gasteiger partial charge in [-0.05, 0) is 35.2 Å². The third kappa shape index (κ3) is 3.23. The Bertz CT molecular complexity index is 893. The molecule has 0 unspecified atom stereocenters. The van der Waals surface area contributed by atoms with Crippen LogP contribution >= 0.6 is 0 Å². The Morgan fingerprint density at radius 1 is 0.885 bits per heavy atom. The minimum atomic E-state index is -0.0558.